The molecule has 0 aliphatic carbocycles. The summed E-state index contributed by atoms with van der Waals surface area (Å²) in [6.45, 7) is 0.624. The summed E-state index contributed by atoms with van der Waals surface area (Å²) >= 11 is 18.2. The molecular formula is C15H11Cl3N2. The van der Waals surface area contributed by atoms with Crippen molar-refractivity contribution in [2.24, 2.45) is 0 Å². The zero-order valence-corrected chi connectivity index (χ0v) is 12.7. The molecule has 2 N–H and O–H groups in total. The maximum atomic E-state index is 6.16. The summed E-state index contributed by atoms with van der Waals surface area (Å²) in [6, 6.07) is 11.5. The highest BCUT2D eigenvalue weighted by atomic mass is 35.5. The van der Waals surface area contributed by atoms with Gasteiger partial charge in [0.2, 0.25) is 0 Å². The van der Waals surface area contributed by atoms with Crippen molar-refractivity contribution < 1.29 is 0 Å². The molecule has 0 aliphatic heterocycles. The highest BCUT2D eigenvalue weighted by Gasteiger charge is 2.08. The van der Waals surface area contributed by atoms with Crippen LogP contribution >= 0.6 is 34.8 Å². The van der Waals surface area contributed by atoms with Crippen LogP contribution in [-0.4, -0.2) is 4.98 Å². The Morgan fingerprint density at radius 2 is 1.75 bits per heavy atom. The first-order valence-corrected chi connectivity index (χ1v) is 7.22. The Morgan fingerprint density at radius 3 is 2.50 bits per heavy atom. The average molecular weight is 326 g/mol. The third-order valence-electron chi connectivity index (χ3n) is 3.14. The van der Waals surface area contributed by atoms with Crippen molar-refractivity contribution in [1.29, 1.82) is 0 Å². The monoisotopic (exact) mass is 324 g/mol. The van der Waals surface area contributed by atoms with Gasteiger partial charge in [0, 0.05) is 17.8 Å². The van der Waals surface area contributed by atoms with Gasteiger partial charge >= 0.3 is 0 Å². The van der Waals surface area contributed by atoms with E-state index >= 15 is 0 Å². The van der Waals surface area contributed by atoms with Crippen molar-refractivity contribution in [3.05, 3.63) is 63.2 Å². The fraction of sp³-hybridized carbons (Fsp3) is 0.0667. The van der Waals surface area contributed by atoms with Gasteiger partial charge in [-0.1, -0.05) is 53.0 Å². The van der Waals surface area contributed by atoms with Gasteiger partial charge in [0.1, 0.15) is 0 Å². The first-order valence-electron chi connectivity index (χ1n) is 6.08. The van der Waals surface area contributed by atoms with E-state index in [2.05, 4.69) is 22.4 Å². The summed E-state index contributed by atoms with van der Waals surface area (Å²) in [5.41, 5.74) is 2.96. The Morgan fingerprint density at radius 1 is 1.00 bits per heavy atom. The molecule has 0 spiro atoms. The number of fused-ring (bicyclic) bond motifs is 1. The lowest BCUT2D eigenvalue weighted by atomic mass is 10.1. The number of H-pyrrole nitrogens is 1. The van der Waals surface area contributed by atoms with E-state index in [1.54, 1.807) is 12.1 Å². The summed E-state index contributed by atoms with van der Waals surface area (Å²) in [5, 5.41) is 6.00. The van der Waals surface area contributed by atoms with Crippen LogP contribution in [0.15, 0.2) is 42.6 Å². The van der Waals surface area contributed by atoms with Gasteiger partial charge in [0.05, 0.1) is 21.2 Å². The number of nitrogens with one attached hydrogen (secondary N) is 2. The molecule has 1 heterocycles. The zero-order valence-electron chi connectivity index (χ0n) is 10.4. The Kier molecular flexibility index (Phi) is 3.79. The van der Waals surface area contributed by atoms with E-state index in [9.17, 15) is 0 Å². The molecule has 3 aromatic rings. The van der Waals surface area contributed by atoms with Crippen LogP contribution in [0.3, 0.4) is 0 Å². The lowest BCUT2D eigenvalue weighted by molar-refractivity contribution is 1.16. The number of para-hydroxylation sites is 1. The van der Waals surface area contributed by atoms with E-state index in [1.807, 2.05) is 18.3 Å². The molecule has 2 aromatic carbocycles. The third-order valence-corrected chi connectivity index (χ3v) is 3.95. The average Bonchev–Trinajstić information content (AvgIpc) is 2.86. The number of rotatable bonds is 3. The standard InChI is InChI=1S/C15H11Cl3N2/c16-11-6-12(17)15(13(18)7-11)20-8-10-3-1-2-9-4-5-19-14(9)10/h1-7,19-20H,8H2. The Balaban J connectivity index is 1.89. The number of aromatic amines is 1. The van der Waals surface area contributed by atoms with Gasteiger partial charge in [-0.2, -0.15) is 0 Å². The first-order chi connectivity index (χ1) is 9.65. The second-order valence-electron chi connectivity index (χ2n) is 4.46. The SMILES string of the molecule is Clc1cc(Cl)c(NCc2cccc3cc[nH]c23)c(Cl)c1. The smallest absolute Gasteiger partial charge is 0.0722 e. The van der Waals surface area contributed by atoms with Gasteiger partial charge in [-0.25, -0.2) is 0 Å². The van der Waals surface area contributed by atoms with Crippen molar-refractivity contribution >= 4 is 51.4 Å². The van der Waals surface area contributed by atoms with Crippen LogP contribution in [0, 0.1) is 0 Å². The summed E-state index contributed by atoms with van der Waals surface area (Å²) in [7, 11) is 0. The van der Waals surface area contributed by atoms with Crippen LogP contribution in [0.1, 0.15) is 5.56 Å². The molecule has 0 aliphatic rings. The molecule has 2 nitrogen and oxygen atoms in total. The largest absolute Gasteiger partial charge is 0.378 e. The maximum Gasteiger partial charge on any atom is 0.0722 e. The van der Waals surface area contributed by atoms with Gasteiger partial charge in [-0.3, -0.25) is 0 Å². The molecule has 102 valence electrons. The van der Waals surface area contributed by atoms with Crippen molar-refractivity contribution in [2.45, 2.75) is 6.54 Å². The first kappa shape index (κ1) is 13.6. The van der Waals surface area contributed by atoms with Crippen LogP contribution in [0.4, 0.5) is 5.69 Å². The van der Waals surface area contributed by atoms with Crippen molar-refractivity contribution in [3.8, 4) is 0 Å². The number of aromatic nitrogens is 1. The number of halogens is 3. The predicted molar refractivity (Wildman–Crippen MR) is 87.1 cm³/mol. The number of hydrogen-bond donors (Lipinski definition) is 2. The minimum absolute atomic E-state index is 0.515. The minimum atomic E-state index is 0.515. The van der Waals surface area contributed by atoms with Crippen LogP contribution in [0.2, 0.25) is 15.1 Å². The van der Waals surface area contributed by atoms with Gasteiger partial charge in [-0.15, -0.1) is 0 Å². The second kappa shape index (κ2) is 5.57. The van der Waals surface area contributed by atoms with Gasteiger partial charge in [0.25, 0.3) is 0 Å². The molecule has 0 atom stereocenters. The normalized spacial score (nSPS) is 10.9. The van der Waals surface area contributed by atoms with E-state index in [1.165, 1.54) is 5.39 Å². The molecule has 3 rings (SSSR count). The molecule has 0 radical (unpaired) electrons. The van der Waals surface area contributed by atoms with Gasteiger partial charge in [-0.05, 0) is 29.1 Å². The fourth-order valence-electron chi connectivity index (χ4n) is 2.19. The highest BCUT2D eigenvalue weighted by Crippen LogP contribution is 2.34. The maximum absolute atomic E-state index is 6.16. The Hall–Kier alpha value is -1.35. The molecular weight excluding hydrogens is 315 g/mol. The van der Waals surface area contributed by atoms with E-state index in [0.29, 0.717) is 27.3 Å². The van der Waals surface area contributed by atoms with Crippen LogP contribution in [0.5, 0.6) is 0 Å². The number of hydrogen-bond acceptors (Lipinski definition) is 1. The molecule has 1 aromatic heterocycles. The lowest BCUT2D eigenvalue weighted by Crippen LogP contribution is -2.01. The molecule has 0 amide bonds. The van der Waals surface area contributed by atoms with Crippen LogP contribution < -0.4 is 5.32 Å². The van der Waals surface area contributed by atoms with Crippen molar-refractivity contribution in [1.82, 2.24) is 4.98 Å². The highest BCUT2D eigenvalue weighted by molar-refractivity contribution is 6.41. The Bertz CT molecular complexity index is 742. The Labute approximate surface area is 131 Å². The fourth-order valence-corrected chi connectivity index (χ4v) is 3.14. The van der Waals surface area contributed by atoms with Crippen molar-refractivity contribution in [2.75, 3.05) is 5.32 Å². The third kappa shape index (κ3) is 2.59. The second-order valence-corrected chi connectivity index (χ2v) is 5.71. The minimum Gasteiger partial charge on any atom is -0.378 e. The van der Waals surface area contributed by atoms with E-state index < -0.39 is 0 Å². The summed E-state index contributed by atoms with van der Waals surface area (Å²) in [6.07, 6.45) is 1.93. The molecule has 0 saturated heterocycles. The van der Waals surface area contributed by atoms with E-state index in [4.69, 9.17) is 34.8 Å². The lowest BCUT2D eigenvalue weighted by Gasteiger charge is -2.11. The van der Waals surface area contributed by atoms with Gasteiger partial charge in [0.15, 0.2) is 0 Å². The molecule has 20 heavy (non-hydrogen) atoms. The molecule has 0 bridgehead atoms. The van der Waals surface area contributed by atoms with Crippen molar-refractivity contribution in [3.63, 3.8) is 0 Å². The van der Waals surface area contributed by atoms with E-state index in [0.717, 1.165) is 11.1 Å². The number of benzene rings is 2. The molecule has 0 saturated carbocycles. The summed E-state index contributed by atoms with van der Waals surface area (Å²) in [4.78, 5) is 3.24. The molecule has 0 unspecified atom stereocenters. The zero-order chi connectivity index (χ0) is 14.1. The van der Waals surface area contributed by atoms with Crippen LogP contribution in [0.25, 0.3) is 10.9 Å². The quantitative estimate of drug-likeness (QED) is 0.631. The van der Waals surface area contributed by atoms with Crippen LogP contribution in [-0.2, 0) is 6.54 Å². The topological polar surface area (TPSA) is 27.8 Å². The molecule has 0 fully saturated rings. The van der Waals surface area contributed by atoms with E-state index in [-0.39, 0.29) is 0 Å². The summed E-state index contributed by atoms with van der Waals surface area (Å²) < 4.78 is 0. The number of anilines is 1. The summed E-state index contributed by atoms with van der Waals surface area (Å²) in [5.74, 6) is 0. The molecule has 5 heteroatoms. The van der Waals surface area contributed by atoms with Gasteiger partial charge < -0.3 is 10.3 Å². The predicted octanol–water partition coefficient (Wildman–Crippen LogP) is 5.74.